The van der Waals surface area contributed by atoms with Crippen molar-refractivity contribution in [1.29, 1.82) is 0 Å². The summed E-state index contributed by atoms with van der Waals surface area (Å²) in [7, 11) is 0. The fourth-order valence-electron chi connectivity index (χ4n) is 2.58. The average molecular weight is 421 g/mol. The monoisotopic (exact) mass is 421 g/mol. The zero-order valence-electron chi connectivity index (χ0n) is 11.3. The van der Waals surface area contributed by atoms with Gasteiger partial charge in [0.25, 0.3) is 0 Å². The van der Waals surface area contributed by atoms with Crippen molar-refractivity contribution in [3.05, 3.63) is 10.2 Å². The predicted octanol–water partition coefficient (Wildman–Crippen LogP) is 1.37. The number of aliphatic hydroxyl groups excluding tert-OH is 1. The smallest absolute Gasteiger partial charge is 0.194 e. The number of thiol groups is 1. The number of nitrogens with two attached hydrogens (primary N) is 1. The summed E-state index contributed by atoms with van der Waals surface area (Å²) >= 11 is 6.47. The summed E-state index contributed by atoms with van der Waals surface area (Å²) in [4.78, 5) is 12.7. The van der Waals surface area contributed by atoms with Crippen molar-refractivity contribution < 1.29 is 9.84 Å². The van der Waals surface area contributed by atoms with E-state index in [2.05, 4.69) is 34.5 Å². The fourth-order valence-corrected chi connectivity index (χ4v) is 3.43. The second kappa shape index (κ2) is 5.86. The van der Waals surface area contributed by atoms with E-state index in [4.69, 9.17) is 10.5 Å². The number of imidazole rings is 1. The van der Waals surface area contributed by atoms with Crippen LogP contribution in [0.15, 0.2) is 6.33 Å². The van der Waals surface area contributed by atoms with Gasteiger partial charge in [0.1, 0.15) is 11.6 Å². The van der Waals surface area contributed by atoms with Crippen LogP contribution in [0.1, 0.15) is 26.0 Å². The topological polar surface area (TPSA) is 99.1 Å². The second-order valence-corrected chi connectivity index (χ2v) is 6.60. The van der Waals surface area contributed by atoms with Crippen molar-refractivity contribution in [3.63, 3.8) is 0 Å². The van der Waals surface area contributed by atoms with Crippen LogP contribution in [0.25, 0.3) is 11.2 Å². The third-order valence-electron chi connectivity index (χ3n) is 3.61. The summed E-state index contributed by atoms with van der Waals surface area (Å²) in [5, 5.41) is 10.2. The van der Waals surface area contributed by atoms with Gasteiger partial charge in [0.05, 0.1) is 17.7 Å². The number of ether oxygens (including phenoxy) is 1. The summed E-state index contributed by atoms with van der Waals surface area (Å²) in [5.41, 5.74) is 6.93. The lowest BCUT2D eigenvalue weighted by Gasteiger charge is -2.16. The first-order valence-corrected chi connectivity index (χ1v) is 8.29. The number of hydrogen-bond donors (Lipinski definition) is 3. The molecule has 0 aliphatic carbocycles. The van der Waals surface area contributed by atoms with E-state index >= 15 is 0 Å². The standard InChI is InChI=1S/C12H16IN5O2S/c1-2-3-5-8(21)7(19)11(20-5)18-4-15-6-9(14)16-12(13)17-10(6)18/h4-5,7-8,11,19,21H,2-3H2,1H3,(H2,14,16,17)/t5-,7-,8-,11-/m1/s1. The molecule has 1 fully saturated rings. The van der Waals surface area contributed by atoms with Crippen LogP contribution in [0.2, 0.25) is 0 Å². The van der Waals surface area contributed by atoms with Crippen molar-refractivity contribution in [3.8, 4) is 0 Å². The Morgan fingerprint density at radius 3 is 3.00 bits per heavy atom. The lowest BCUT2D eigenvalue weighted by molar-refractivity contribution is -0.0368. The Morgan fingerprint density at radius 2 is 2.29 bits per heavy atom. The zero-order chi connectivity index (χ0) is 15.1. The van der Waals surface area contributed by atoms with E-state index in [0.717, 1.165) is 12.8 Å². The Labute approximate surface area is 140 Å². The molecule has 2 aromatic heterocycles. The van der Waals surface area contributed by atoms with Gasteiger partial charge in [0, 0.05) is 22.6 Å². The molecule has 1 saturated heterocycles. The molecule has 4 atom stereocenters. The second-order valence-electron chi connectivity index (χ2n) is 5.04. The Morgan fingerprint density at radius 1 is 1.52 bits per heavy atom. The van der Waals surface area contributed by atoms with Crippen LogP contribution in [0, 0.1) is 3.83 Å². The number of hydrogen-bond acceptors (Lipinski definition) is 7. The van der Waals surface area contributed by atoms with Gasteiger partial charge in [-0.2, -0.15) is 12.6 Å². The minimum absolute atomic E-state index is 0.0889. The lowest BCUT2D eigenvalue weighted by Crippen LogP contribution is -2.27. The van der Waals surface area contributed by atoms with Gasteiger partial charge >= 0.3 is 0 Å². The summed E-state index contributed by atoms with van der Waals surface area (Å²) in [6.07, 6.45) is 2.03. The van der Waals surface area contributed by atoms with Crippen LogP contribution >= 0.6 is 35.2 Å². The van der Waals surface area contributed by atoms with Gasteiger partial charge in [-0.3, -0.25) is 4.57 Å². The van der Waals surface area contributed by atoms with E-state index in [1.54, 1.807) is 10.9 Å². The molecule has 0 amide bonds. The third kappa shape index (κ3) is 2.60. The minimum Gasteiger partial charge on any atom is -0.387 e. The molecule has 0 spiro atoms. The number of fused-ring (bicyclic) bond motifs is 1. The summed E-state index contributed by atoms with van der Waals surface area (Å²) in [6, 6.07) is 0. The highest BCUT2D eigenvalue weighted by molar-refractivity contribution is 14.1. The molecule has 0 unspecified atom stereocenters. The van der Waals surface area contributed by atoms with Gasteiger partial charge in [-0.1, -0.05) is 13.3 Å². The maximum absolute atomic E-state index is 10.4. The molecule has 0 radical (unpaired) electrons. The Balaban J connectivity index is 2.01. The predicted molar refractivity (Wildman–Crippen MR) is 90.1 cm³/mol. The molecule has 114 valence electrons. The highest BCUT2D eigenvalue weighted by atomic mass is 127. The molecule has 3 rings (SSSR count). The first kappa shape index (κ1) is 15.3. The molecule has 9 heteroatoms. The van der Waals surface area contributed by atoms with Crippen LogP contribution in [0.4, 0.5) is 5.82 Å². The Bertz CT molecular complexity index is 666. The van der Waals surface area contributed by atoms with Crippen LogP contribution in [0.3, 0.4) is 0 Å². The van der Waals surface area contributed by atoms with Crippen molar-refractivity contribution in [2.45, 2.75) is 43.5 Å². The van der Waals surface area contributed by atoms with E-state index in [9.17, 15) is 5.11 Å². The summed E-state index contributed by atoms with van der Waals surface area (Å²) in [5.74, 6) is 0.322. The molecule has 3 heterocycles. The molecule has 0 saturated carbocycles. The largest absolute Gasteiger partial charge is 0.387 e. The lowest BCUT2D eigenvalue weighted by atomic mass is 10.1. The summed E-state index contributed by atoms with van der Waals surface area (Å²) in [6.45, 7) is 2.08. The number of anilines is 1. The van der Waals surface area contributed by atoms with Crippen molar-refractivity contribution >= 4 is 52.2 Å². The Kier molecular flexibility index (Phi) is 4.26. The maximum Gasteiger partial charge on any atom is 0.194 e. The number of rotatable bonds is 3. The van der Waals surface area contributed by atoms with Gasteiger partial charge in [-0.25, -0.2) is 15.0 Å². The normalized spacial score (nSPS) is 29.3. The minimum atomic E-state index is -0.726. The van der Waals surface area contributed by atoms with Crippen LogP contribution in [0.5, 0.6) is 0 Å². The van der Waals surface area contributed by atoms with Gasteiger partial charge in [-0.15, -0.1) is 0 Å². The maximum atomic E-state index is 10.4. The van der Waals surface area contributed by atoms with Crippen LogP contribution < -0.4 is 5.73 Å². The molecule has 0 bridgehead atoms. The van der Waals surface area contributed by atoms with Gasteiger partial charge in [0.2, 0.25) is 0 Å². The molecule has 21 heavy (non-hydrogen) atoms. The summed E-state index contributed by atoms with van der Waals surface area (Å²) < 4.78 is 8.19. The van der Waals surface area contributed by atoms with Crippen molar-refractivity contribution in [2.75, 3.05) is 5.73 Å². The molecule has 7 nitrogen and oxygen atoms in total. The Hall–Kier alpha value is -0.650. The van der Waals surface area contributed by atoms with Gasteiger partial charge in [-0.05, 0) is 6.42 Å². The number of nitrogen functional groups attached to an aromatic ring is 1. The molecule has 3 N–H and O–H groups in total. The number of aromatic nitrogens is 4. The fraction of sp³-hybridized carbons (Fsp3) is 0.583. The molecular formula is C12H16IN5O2S. The van der Waals surface area contributed by atoms with E-state index < -0.39 is 12.3 Å². The van der Waals surface area contributed by atoms with Gasteiger partial charge in [0.15, 0.2) is 21.5 Å². The van der Waals surface area contributed by atoms with Crippen LogP contribution in [-0.4, -0.2) is 42.1 Å². The quantitative estimate of drug-likeness (QED) is 0.394. The number of halogens is 1. The number of nitrogens with zero attached hydrogens (tertiary/aromatic N) is 4. The number of aliphatic hydroxyl groups is 1. The van der Waals surface area contributed by atoms with E-state index in [0.29, 0.717) is 20.8 Å². The molecule has 2 aromatic rings. The van der Waals surface area contributed by atoms with Crippen LogP contribution in [-0.2, 0) is 4.74 Å². The first-order chi connectivity index (χ1) is 10.0. The van der Waals surface area contributed by atoms with E-state index in [-0.39, 0.29) is 11.4 Å². The van der Waals surface area contributed by atoms with Crippen molar-refractivity contribution in [1.82, 2.24) is 19.5 Å². The average Bonchev–Trinajstić information content (AvgIpc) is 2.96. The third-order valence-corrected chi connectivity index (χ3v) is 4.73. The first-order valence-electron chi connectivity index (χ1n) is 6.70. The van der Waals surface area contributed by atoms with E-state index in [1.165, 1.54) is 0 Å². The molecular weight excluding hydrogens is 405 g/mol. The highest BCUT2D eigenvalue weighted by Crippen LogP contribution is 2.36. The SMILES string of the molecule is CCC[C@H]1O[C@@H](n2cnc3c(N)nc(I)nc32)[C@H](O)[C@@H]1S. The highest BCUT2D eigenvalue weighted by Gasteiger charge is 2.42. The van der Waals surface area contributed by atoms with E-state index in [1.807, 2.05) is 22.6 Å². The molecule has 1 aliphatic rings. The van der Waals surface area contributed by atoms with Gasteiger partial charge < -0.3 is 15.6 Å². The molecule has 0 aromatic carbocycles. The van der Waals surface area contributed by atoms with Crippen molar-refractivity contribution in [2.24, 2.45) is 0 Å². The zero-order valence-corrected chi connectivity index (χ0v) is 14.4. The molecule has 1 aliphatic heterocycles.